The van der Waals surface area contributed by atoms with Crippen LogP contribution in [0.4, 0.5) is 0 Å². The second-order valence-electron chi connectivity index (χ2n) is 3.62. The fourth-order valence-electron chi connectivity index (χ4n) is 1.42. The van der Waals surface area contributed by atoms with Crippen LogP contribution in [0.2, 0.25) is 0 Å². The Hall–Kier alpha value is -0.800. The van der Waals surface area contributed by atoms with Crippen molar-refractivity contribution in [2.45, 2.75) is 39.3 Å². The lowest BCUT2D eigenvalue weighted by molar-refractivity contribution is 0.225. The molecular weight excluding hydrogens is 178 g/mol. The normalized spacial score (nSPS) is 15.4. The molecule has 0 aliphatic heterocycles. The molecule has 14 heavy (non-hydrogen) atoms. The summed E-state index contributed by atoms with van der Waals surface area (Å²) >= 11 is 0. The summed E-state index contributed by atoms with van der Waals surface area (Å²) in [5, 5.41) is 12.3. The minimum absolute atomic E-state index is 0.149. The fraction of sp³-hybridized carbons (Fsp3) is 0.636. The van der Waals surface area contributed by atoms with Gasteiger partial charge in [0.25, 0.3) is 0 Å². The fourth-order valence-corrected chi connectivity index (χ4v) is 1.42. The second-order valence-corrected chi connectivity index (χ2v) is 3.62. The minimum atomic E-state index is 0.149. The Labute approximate surface area is 85.1 Å². The van der Waals surface area contributed by atoms with Gasteiger partial charge in [-0.3, -0.25) is 0 Å². The summed E-state index contributed by atoms with van der Waals surface area (Å²) < 4.78 is 5.49. The maximum Gasteiger partial charge on any atom is 0.120 e. The van der Waals surface area contributed by atoms with Crippen LogP contribution in [0.15, 0.2) is 16.5 Å². The first-order chi connectivity index (χ1) is 6.67. The molecule has 0 unspecified atom stereocenters. The molecule has 0 bridgehead atoms. The van der Waals surface area contributed by atoms with Crippen LogP contribution in [0.1, 0.15) is 37.8 Å². The van der Waals surface area contributed by atoms with E-state index in [-0.39, 0.29) is 18.7 Å². The van der Waals surface area contributed by atoms with Gasteiger partial charge in [-0.15, -0.1) is 0 Å². The number of nitrogens with one attached hydrogen (secondary N) is 1. The van der Waals surface area contributed by atoms with Crippen LogP contribution in [-0.2, 0) is 0 Å². The molecule has 3 heteroatoms. The van der Waals surface area contributed by atoms with E-state index < -0.39 is 0 Å². The third-order valence-electron chi connectivity index (χ3n) is 2.39. The lowest BCUT2D eigenvalue weighted by atomic mass is 10.2. The van der Waals surface area contributed by atoms with Crippen LogP contribution in [0, 0.1) is 6.92 Å². The molecule has 0 aliphatic rings. The SMILES string of the molecule is CC[C@H](CO)N[C@@H](C)c1ccc(C)o1. The molecule has 1 rings (SSSR count). The van der Waals surface area contributed by atoms with Gasteiger partial charge in [0, 0.05) is 6.04 Å². The Balaban J connectivity index is 2.53. The molecule has 80 valence electrons. The van der Waals surface area contributed by atoms with Gasteiger partial charge in [-0.2, -0.15) is 0 Å². The topological polar surface area (TPSA) is 45.4 Å². The van der Waals surface area contributed by atoms with E-state index in [0.29, 0.717) is 0 Å². The molecule has 0 radical (unpaired) electrons. The molecule has 3 nitrogen and oxygen atoms in total. The predicted octanol–water partition coefficient (Wildman–Crippen LogP) is 2.01. The van der Waals surface area contributed by atoms with E-state index in [0.717, 1.165) is 17.9 Å². The summed E-state index contributed by atoms with van der Waals surface area (Å²) in [4.78, 5) is 0. The molecule has 1 aromatic heterocycles. The third-order valence-corrected chi connectivity index (χ3v) is 2.39. The average molecular weight is 197 g/mol. The molecule has 1 heterocycles. The van der Waals surface area contributed by atoms with E-state index in [4.69, 9.17) is 9.52 Å². The van der Waals surface area contributed by atoms with Gasteiger partial charge in [-0.25, -0.2) is 0 Å². The summed E-state index contributed by atoms with van der Waals surface area (Å²) in [6, 6.07) is 4.22. The van der Waals surface area contributed by atoms with Crippen LogP contribution in [-0.4, -0.2) is 17.8 Å². The van der Waals surface area contributed by atoms with Crippen LogP contribution in [0.3, 0.4) is 0 Å². The van der Waals surface area contributed by atoms with Crippen LogP contribution in [0.25, 0.3) is 0 Å². The highest BCUT2D eigenvalue weighted by molar-refractivity contribution is 5.09. The quantitative estimate of drug-likeness (QED) is 0.759. The Kier molecular flexibility index (Phi) is 4.17. The van der Waals surface area contributed by atoms with Crippen molar-refractivity contribution < 1.29 is 9.52 Å². The molecule has 0 amide bonds. The minimum Gasteiger partial charge on any atom is -0.465 e. The summed E-state index contributed by atoms with van der Waals surface area (Å²) in [5.41, 5.74) is 0. The first kappa shape index (κ1) is 11.3. The predicted molar refractivity (Wildman–Crippen MR) is 56.2 cm³/mol. The van der Waals surface area contributed by atoms with E-state index in [9.17, 15) is 0 Å². The summed E-state index contributed by atoms with van der Waals surface area (Å²) in [7, 11) is 0. The molecule has 0 spiro atoms. The molecule has 2 atom stereocenters. The van der Waals surface area contributed by atoms with Gasteiger partial charge in [-0.1, -0.05) is 6.92 Å². The third kappa shape index (κ3) is 2.86. The Morgan fingerprint density at radius 3 is 2.64 bits per heavy atom. The molecule has 0 saturated heterocycles. The highest BCUT2D eigenvalue weighted by Gasteiger charge is 2.13. The maximum atomic E-state index is 9.03. The number of rotatable bonds is 5. The van der Waals surface area contributed by atoms with Crippen molar-refractivity contribution in [2.24, 2.45) is 0 Å². The number of aliphatic hydroxyl groups is 1. The molecule has 2 N–H and O–H groups in total. The molecule has 0 saturated carbocycles. The average Bonchev–Trinajstić information content (AvgIpc) is 2.61. The van der Waals surface area contributed by atoms with Crippen LogP contribution in [0.5, 0.6) is 0 Å². The summed E-state index contributed by atoms with van der Waals surface area (Å²) in [6.07, 6.45) is 0.917. The Morgan fingerprint density at radius 2 is 2.21 bits per heavy atom. The number of aryl methyl sites for hydroxylation is 1. The molecular formula is C11H19NO2. The van der Waals surface area contributed by atoms with Crippen molar-refractivity contribution in [3.63, 3.8) is 0 Å². The van der Waals surface area contributed by atoms with Gasteiger partial charge in [0.15, 0.2) is 0 Å². The zero-order chi connectivity index (χ0) is 10.6. The number of hydrogen-bond acceptors (Lipinski definition) is 3. The highest BCUT2D eigenvalue weighted by Crippen LogP contribution is 2.16. The van der Waals surface area contributed by atoms with Crippen LogP contribution >= 0.6 is 0 Å². The summed E-state index contributed by atoms with van der Waals surface area (Å²) in [6.45, 7) is 6.19. The smallest absolute Gasteiger partial charge is 0.120 e. The van der Waals surface area contributed by atoms with Crippen molar-refractivity contribution >= 4 is 0 Å². The van der Waals surface area contributed by atoms with Gasteiger partial charge < -0.3 is 14.8 Å². The van der Waals surface area contributed by atoms with E-state index in [1.54, 1.807) is 0 Å². The molecule has 0 fully saturated rings. The van der Waals surface area contributed by atoms with Gasteiger partial charge in [0.2, 0.25) is 0 Å². The molecule has 0 aliphatic carbocycles. The zero-order valence-electron chi connectivity index (χ0n) is 9.08. The highest BCUT2D eigenvalue weighted by atomic mass is 16.3. The van der Waals surface area contributed by atoms with Crippen molar-refractivity contribution in [1.29, 1.82) is 0 Å². The molecule has 1 aromatic rings. The van der Waals surface area contributed by atoms with Gasteiger partial charge >= 0.3 is 0 Å². The second kappa shape index (κ2) is 5.17. The molecule has 0 aromatic carbocycles. The van der Waals surface area contributed by atoms with Crippen LogP contribution < -0.4 is 5.32 Å². The van der Waals surface area contributed by atoms with Crippen molar-refractivity contribution in [2.75, 3.05) is 6.61 Å². The van der Waals surface area contributed by atoms with Gasteiger partial charge in [0.05, 0.1) is 12.6 Å². The van der Waals surface area contributed by atoms with Crippen molar-refractivity contribution in [3.8, 4) is 0 Å². The monoisotopic (exact) mass is 197 g/mol. The van der Waals surface area contributed by atoms with Crippen molar-refractivity contribution in [1.82, 2.24) is 5.32 Å². The number of hydrogen-bond donors (Lipinski definition) is 2. The lowest BCUT2D eigenvalue weighted by Gasteiger charge is -2.18. The first-order valence-corrected chi connectivity index (χ1v) is 5.10. The Bertz CT molecular complexity index is 266. The summed E-state index contributed by atoms with van der Waals surface area (Å²) in [5.74, 6) is 1.85. The zero-order valence-corrected chi connectivity index (χ0v) is 9.08. The standard InChI is InChI=1S/C11H19NO2/c1-4-10(7-13)12-9(3)11-6-5-8(2)14-11/h5-6,9-10,12-13H,4,7H2,1-3H3/t9-,10+/m0/s1. The van der Waals surface area contributed by atoms with E-state index in [1.165, 1.54) is 0 Å². The largest absolute Gasteiger partial charge is 0.465 e. The Morgan fingerprint density at radius 1 is 1.50 bits per heavy atom. The first-order valence-electron chi connectivity index (χ1n) is 5.10. The number of furan rings is 1. The van der Waals surface area contributed by atoms with Gasteiger partial charge in [-0.05, 0) is 32.4 Å². The lowest BCUT2D eigenvalue weighted by Crippen LogP contribution is -2.33. The van der Waals surface area contributed by atoms with Crippen molar-refractivity contribution in [3.05, 3.63) is 23.7 Å². The number of aliphatic hydroxyl groups excluding tert-OH is 1. The van der Waals surface area contributed by atoms with E-state index in [1.807, 2.05) is 32.9 Å². The van der Waals surface area contributed by atoms with E-state index >= 15 is 0 Å². The van der Waals surface area contributed by atoms with E-state index in [2.05, 4.69) is 5.32 Å². The maximum absolute atomic E-state index is 9.03. The van der Waals surface area contributed by atoms with Gasteiger partial charge in [0.1, 0.15) is 11.5 Å².